The van der Waals surface area contributed by atoms with Crippen molar-refractivity contribution >= 4 is 8.32 Å². The number of rotatable bonds is 8. The van der Waals surface area contributed by atoms with Crippen molar-refractivity contribution in [3.05, 3.63) is 65.7 Å². The number of aromatic hydroxyl groups is 1. The van der Waals surface area contributed by atoms with Crippen molar-refractivity contribution in [2.45, 2.75) is 82.8 Å². The molecule has 0 saturated carbocycles. The lowest BCUT2D eigenvalue weighted by Gasteiger charge is -2.50. The topological polar surface area (TPSA) is 52.9 Å². The summed E-state index contributed by atoms with van der Waals surface area (Å²) in [5.74, 6) is 0.142. The van der Waals surface area contributed by atoms with Crippen molar-refractivity contribution in [2.75, 3.05) is 13.1 Å². The molecule has 0 aromatic heterocycles. The third-order valence-electron chi connectivity index (χ3n) is 7.29. The maximum atomic E-state index is 11.4. The fourth-order valence-electron chi connectivity index (χ4n) is 5.95. The van der Waals surface area contributed by atoms with Gasteiger partial charge in [0.25, 0.3) is 0 Å². The van der Waals surface area contributed by atoms with Crippen LogP contribution < -0.4 is 0 Å². The van der Waals surface area contributed by atoms with E-state index in [2.05, 4.69) is 70.7 Å². The first-order valence-electron chi connectivity index (χ1n) is 12.1. The number of phenolic OH excluding ortho intramolecular Hbond substituents is 1. The van der Waals surface area contributed by atoms with Crippen LogP contribution in [0.25, 0.3) is 0 Å². The number of nitrogens with zero attached hydrogens (tertiary/aromatic N) is 1. The second kappa shape index (κ2) is 10.5. The SMILES string of the molecule is CC(C)[Si](O[C@@H]1CN(Cc2ccccc2)C[C@H](O)[C@H]1c1ccc(O)cc1)(C(C)C)C(C)C. The van der Waals surface area contributed by atoms with E-state index in [1.165, 1.54) is 5.56 Å². The summed E-state index contributed by atoms with van der Waals surface area (Å²) in [4.78, 5) is 2.34. The Hall–Kier alpha value is -1.66. The van der Waals surface area contributed by atoms with Crippen LogP contribution in [0.3, 0.4) is 0 Å². The summed E-state index contributed by atoms with van der Waals surface area (Å²) < 4.78 is 7.27. The minimum absolute atomic E-state index is 0.0918. The molecule has 3 atom stereocenters. The van der Waals surface area contributed by atoms with E-state index in [1.54, 1.807) is 12.1 Å². The minimum Gasteiger partial charge on any atom is -0.508 e. The molecule has 0 spiro atoms. The van der Waals surface area contributed by atoms with Crippen LogP contribution >= 0.6 is 0 Å². The zero-order valence-corrected chi connectivity index (χ0v) is 21.5. The second-order valence-electron chi connectivity index (χ2n) is 10.3. The summed E-state index contributed by atoms with van der Waals surface area (Å²) >= 11 is 0. The molecule has 4 nitrogen and oxygen atoms in total. The van der Waals surface area contributed by atoms with Gasteiger partial charge in [-0.3, -0.25) is 4.90 Å². The molecular weight excluding hydrogens is 414 g/mol. The molecule has 3 rings (SSSR count). The predicted octanol–water partition coefficient (Wildman–Crippen LogP) is 5.91. The monoisotopic (exact) mass is 455 g/mol. The first kappa shape index (κ1) is 25.0. The summed E-state index contributed by atoms with van der Waals surface area (Å²) in [6.45, 7) is 16.1. The summed E-state index contributed by atoms with van der Waals surface area (Å²) in [6, 6.07) is 17.8. The van der Waals surface area contributed by atoms with Gasteiger partial charge < -0.3 is 14.6 Å². The fourth-order valence-corrected chi connectivity index (χ4v) is 11.5. The average molecular weight is 456 g/mol. The third kappa shape index (κ3) is 5.28. The number of β-amino-alcohol motifs (C(OH)–C–C–N with tert-alkyl or cyclic N) is 1. The van der Waals surface area contributed by atoms with Crippen LogP contribution in [0.5, 0.6) is 5.75 Å². The Bertz CT molecular complexity index is 816. The number of piperidine rings is 1. The third-order valence-corrected chi connectivity index (χ3v) is 13.4. The van der Waals surface area contributed by atoms with Gasteiger partial charge in [0.2, 0.25) is 8.32 Å². The lowest BCUT2D eigenvalue weighted by Crippen LogP contribution is -2.58. The lowest BCUT2D eigenvalue weighted by molar-refractivity contribution is -0.0280. The van der Waals surface area contributed by atoms with Gasteiger partial charge in [-0.25, -0.2) is 0 Å². The van der Waals surface area contributed by atoms with Crippen LogP contribution in [-0.2, 0) is 11.0 Å². The Morgan fingerprint density at radius 1 is 0.875 bits per heavy atom. The summed E-state index contributed by atoms with van der Waals surface area (Å²) in [5, 5.41) is 21.2. The van der Waals surface area contributed by atoms with Gasteiger partial charge >= 0.3 is 0 Å². The molecule has 1 aliphatic rings. The van der Waals surface area contributed by atoms with E-state index in [4.69, 9.17) is 4.43 Å². The predicted molar refractivity (Wildman–Crippen MR) is 134 cm³/mol. The van der Waals surface area contributed by atoms with E-state index >= 15 is 0 Å². The van der Waals surface area contributed by atoms with Crippen LogP contribution in [0.2, 0.25) is 16.6 Å². The molecule has 176 valence electrons. The number of aliphatic hydroxyl groups excluding tert-OH is 1. The molecule has 1 heterocycles. The number of likely N-dealkylation sites (tertiary alicyclic amines) is 1. The van der Waals surface area contributed by atoms with E-state index in [1.807, 2.05) is 18.2 Å². The molecule has 1 fully saturated rings. The standard InChI is InChI=1S/C27H41NO3Si/c1-19(2)32(20(3)4,21(5)6)31-26-18-28(16-22-10-8-7-9-11-22)17-25(30)27(26)23-12-14-24(29)15-13-23/h7-15,19-21,25-27,29-30H,16-18H2,1-6H3/t25-,26+,27+/m0/s1. The highest BCUT2D eigenvalue weighted by Crippen LogP contribution is 2.45. The number of hydrogen-bond donors (Lipinski definition) is 2. The summed E-state index contributed by atoms with van der Waals surface area (Å²) in [5.41, 5.74) is 3.72. The van der Waals surface area contributed by atoms with Crippen molar-refractivity contribution in [2.24, 2.45) is 0 Å². The van der Waals surface area contributed by atoms with Crippen LogP contribution in [0.1, 0.15) is 58.6 Å². The summed E-state index contributed by atoms with van der Waals surface area (Å²) in [6.07, 6.45) is -0.619. The molecule has 5 heteroatoms. The van der Waals surface area contributed by atoms with E-state index in [0.717, 1.165) is 18.7 Å². The highest BCUT2D eigenvalue weighted by molar-refractivity contribution is 6.77. The first-order valence-corrected chi connectivity index (χ1v) is 14.2. The zero-order chi connectivity index (χ0) is 23.5. The minimum atomic E-state index is -2.14. The number of benzene rings is 2. The number of phenols is 1. The van der Waals surface area contributed by atoms with Gasteiger partial charge in [0.15, 0.2) is 0 Å². The molecule has 0 aliphatic carbocycles. The molecule has 0 bridgehead atoms. The van der Waals surface area contributed by atoms with Gasteiger partial charge in [0, 0.05) is 25.6 Å². The van der Waals surface area contributed by atoms with Crippen molar-refractivity contribution in [3.8, 4) is 5.75 Å². The smallest absolute Gasteiger partial charge is 0.200 e. The molecule has 2 aromatic carbocycles. The zero-order valence-electron chi connectivity index (χ0n) is 20.5. The van der Waals surface area contributed by atoms with Gasteiger partial charge in [-0.15, -0.1) is 0 Å². The van der Waals surface area contributed by atoms with Crippen LogP contribution in [0, 0.1) is 0 Å². The van der Waals surface area contributed by atoms with Crippen molar-refractivity contribution in [1.29, 1.82) is 0 Å². The van der Waals surface area contributed by atoms with Crippen molar-refractivity contribution in [3.63, 3.8) is 0 Å². The van der Waals surface area contributed by atoms with E-state index < -0.39 is 14.4 Å². The molecular formula is C27H41NO3Si. The van der Waals surface area contributed by atoms with Crippen molar-refractivity contribution < 1.29 is 14.6 Å². The Balaban J connectivity index is 1.96. The van der Waals surface area contributed by atoms with Crippen LogP contribution in [-0.4, -0.2) is 48.7 Å². The van der Waals surface area contributed by atoms with E-state index in [-0.39, 0.29) is 17.8 Å². The Morgan fingerprint density at radius 2 is 1.44 bits per heavy atom. The van der Waals surface area contributed by atoms with Gasteiger partial charge in [-0.05, 0) is 39.9 Å². The maximum Gasteiger partial charge on any atom is 0.200 e. The van der Waals surface area contributed by atoms with Crippen LogP contribution in [0.15, 0.2) is 54.6 Å². The van der Waals surface area contributed by atoms with E-state index in [0.29, 0.717) is 23.2 Å². The second-order valence-corrected chi connectivity index (χ2v) is 15.7. The van der Waals surface area contributed by atoms with Gasteiger partial charge in [-0.1, -0.05) is 84.0 Å². The maximum absolute atomic E-state index is 11.4. The van der Waals surface area contributed by atoms with Gasteiger partial charge in [0.1, 0.15) is 5.75 Å². The van der Waals surface area contributed by atoms with Gasteiger partial charge in [-0.2, -0.15) is 0 Å². The molecule has 0 amide bonds. The quantitative estimate of drug-likeness (QED) is 0.486. The highest BCUT2D eigenvalue weighted by Gasteiger charge is 2.49. The Labute approximate surface area is 195 Å². The lowest BCUT2D eigenvalue weighted by atomic mass is 9.84. The molecule has 1 aliphatic heterocycles. The number of aliphatic hydroxyl groups is 1. The normalized spacial score (nSPS) is 22.8. The Morgan fingerprint density at radius 3 is 1.97 bits per heavy atom. The molecule has 0 unspecified atom stereocenters. The van der Waals surface area contributed by atoms with Crippen molar-refractivity contribution in [1.82, 2.24) is 4.90 Å². The Kier molecular flexibility index (Phi) is 8.20. The fraction of sp³-hybridized carbons (Fsp3) is 0.556. The molecule has 2 N–H and O–H groups in total. The first-order chi connectivity index (χ1) is 15.1. The molecule has 0 radical (unpaired) electrons. The highest BCUT2D eigenvalue weighted by atomic mass is 28.4. The average Bonchev–Trinajstić information content (AvgIpc) is 2.72. The number of hydrogen-bond acceptors (Lipinski definition) is 4. The van der Waals surface area contributed by atoms with E-state index in [9.17, 15) is 10.2 Å². The largest absolute Gasteiger partial charge is 0.508 e. The molecule has 2 aromatic rings. The summed E-state index contributed by atoms with van der Waals surface area (Å²) in [7, 11) is -2.14. The molecule has 1 saturated heterocycles. The van der Waals surface area contributed by atoms with Gasteiger partial charge in [0.05, 0.1) is 12.2 Å². The van der Waals surface area contributed by atoms with Crippen LogP contribution in [0.4, 0.5) is 0 Å². The molecule has 32 heavy (non-hydrogen) atoms.